The van der Waals surface area contributed by atoms with E-state index in [9.17, 15) is 9.18 Å². The SMILES string of the molecule is O=C(O)Cc1cccn1-c1ccc(F)cc1. The second-order valence-corrected chi connectivity index (χ2v) is 3.42. The third-order valence-corrected chi connectivity index (χ3v) is 2.27. The van der Waals surface area contributed by atoms with Crippen molar-refractivity contribution >= 4 is 5.97 Å². The molecule has 0 unspecified atom stereocenters. The molecule has 2 rings (SSSR count). The Morgan fingerprint density at radius 2 is 1.94 bits per heavy atom. The first-order chi connectivity index (χ1) is 7.66. The fraction of sp³-hybridized carbons (Fsp3) is 0.0833. The molecule has 0 bridgehead atoms. The molecule has 1 aromatic carbocycles. The molecular weight excluding hydrogens is 209 g/mol. The van der Waals surface area contributed by atoms with Crippen LogP contribution >= 0.6 is 0 Å². The van der Waals surface area contributed by atoms with Crippen LogP contribution in [0, 0.1) is 5.82 Å². The van der Waals surface area contributed by atoms with Gasteiger partial charge >= 0.3 is 5.97 Å². The number of rotatable bonds is 3. The van der Waals surface area contributed by atoms with Crippen molar-refractivity contribution in [1.29, 1.82) is 0 Å². The topological polar surface area (TPSA) is 42.2 Å². The van der Waals surface area contributed by atoms with Crippen LogP contribution in [-0.2, 0) is 11.2 Å². The maximum atomic E-state index is 12.7. The minimum Gasteiger partial charge on any atom is -0.481 e. The van der Waals surface area contributed by atoms with Crippen LogP contribution in [0.5, 0.6) is 0 Å². The van der Waals surface area contributed by atoms with E-state index in [-0.39, 0.29) is 12.2 Å². The Morgan fingerprint density at radius 1 is 1.25 bits per heavy atom. The second kappa shape index (κ2) is 4.18. The zero-order chi connectivity index (χ0) is 11.5. The lowest BCUT2D eigenvalue weighted by atomic mass is 10.2. The summed E-state index contributed by atoms with van der Waals surface area (Å²) >= 11 is 0. The molecule has 0 amide bonds. The third kappa shape index (κ3) is 2.11. The molecule has 0 radical (unpaired) electrons. The number of carbonyl (C=O) groups is 1. The Balaban J connectivity index is 2.36. The van der Waals surface area contributed by atoms with E-state index >= 15 is 0 Å². The van der Waals surface area contributed by atoms with Gasteiger partial charge in [0.05, 0.1) is 6.42 Å². The largest absolute Gasteiger partial charge is 0.481 e. The van der Waals surface area contributed by atoms with Crippen molar-refractivity contribution in [3.63, 3.8) is 0 Å². The van der Waals surface area contributed by atoms with Gasteiger partial charge in [0.15, 0.2) is 0 Å². The van der Waals surface area contributed by atoms with Crippen molar-refractivity contribution in [3.8, 4) is 5.69 Å². The summed E-state index contributed by atoms with van der Waals surface area (Å²) in [7, 11) is 0. The quantitative estimate of drug-likeness (QED) is 0.860. The van der Waals surface area contributed by atoms with E-state index in [4.69, 9.17) is 5.11 Å². The van der Waals surface area contributed by atoms with Crippen LogP contribution in [-0.4, -0.2) is 15.6 Å². The number of carboxylic acid groups (broad SMARTS) is 1. The highest BCUT2D eigenvalue weighted by Gasteiger charge is 2.07. The zero-order valence-electron chi connectivity index (χ0n) is 8.43. The van der Waals surface area contributed by atoms with Crippen molar-refractivity contribution in [2.24, 2.45) is 0 Å². The number of aromatic nitrogens is 1. The van der Waals surface area contributed by atoms with E-state index in [0.717, 1.165) is 5.69 Å². The first-order valence-electron chi connectivity index (χ1n) is 4.81. The van der Waals surface area contributed by atoms with Crippen LogP contribution in [0.3, 0.4) is 0 Å². The summed E-state index contributed by atoms with van der Waals surface area (Å²) < 4.78 is 14.5. The highest BCUT2D eigenvalue weighted by Crippen LogP contribution is 2.13. The summed E-state index contributed by atoms with van der Waals surface area (Å²) in [4.78, 5) is 10.6. The van der Waals surface area contributed by atoms with Gasteiger partial charge in [-0.15, -0.1) is 0 Å². The normalized spacial score (nSPS) is 10.3. The Bertz CT molecular complexity index is 502. The molecule has 1 heterocycles. The van der Waals surface area contributed by atoms with Crippen molar-refractivity contribution in [3.05, 3.63) is 54.1 Å². The molecule has 0 spiro atoms. The van der Waals surface area contributed by atoms with Crippen molar-refractivity contribution in [2.45, 2.75) is 6.42 Å². The third-order valence-electron chi connectivity index (χ3n) is 2.27. The molecule has 0 aliphatic rings. The van der Waals surface area contributed by atoms with Crippen molar-refractivity contribution in [1.82, 2.24) is 4.57 Å². The minimum absolute atomic E-state index is 0.0512. The van der Waals surface area contributed by atoms with Crippen LogP contribution in [0.2, 0.25) is 0 Å². The number of carboxylic acids is 1. The molecule has 1 N–H and O–H groups in total. The Kier molecular flexibility index (Phi) is 2.72. The number of halogens is 1. The fourth-order valence-corrected chi connectivity index (χ4v) is 1.57. The van der Waals surface area contributed by atoms with Crippen LogP contribution in [0.15, 0.2) is 42.6 Å². The van der Waals surface area contributed by atoms with Gasteiger partial charge in [0.25, 0.3) is 0 Å². The summed E-state index contributed by atoms with van der Waals surface area (Å²) in [6.45, 7) is 0. The van der Waals surface area contributed by atoms with Crippen LogP contribution < -0.4 is 0 Å². The van der Waals surface area contributed by atoms with E-state index in [1.54, 1.807) is 35.0 Å². The van der Waals surface area contributed by atoms with Crippen molar-refractivity contribution < 1.29 is 14.3 Å². The van der Waals surface area contributed by atoms with E-state index in [0.29, 0.717) is 5.69 Å². The highest BCUT2D eigenvalue weighted by molar-refractivity contribution is 5.70. The van der Waals surface area contributed by atoms with Gasteiger partial charge in [-0.3, -0.25) is 4.79 Å². The number of benzene rings is 1. The summed E-state index contributed by atoms with van der Waals surface area (Å²) in [6.07, 6.45) is 1.70. The smallest absolute Gasteiger partial charge is 0.309 e. The Morgan fingerprint density at radius 3 is 2.56 bits per heavy atom. The fourth-order valence-electron chi connectivity index (χ4n) is 1.57. The predicted molar refractivity (Wildman–Crippen MR) is 57.1 cm³/mol. The Hall–Kier alpha value is -2.10. The summed E-state index contributed by atoms with van der Waals surface area (Å²) in [5.74, 6) is -1.20. The molecule has 0 aliphatic heterocycles. The second-order valence-electron chi connectivity index (χ2n) is 3.42. The number of hydrogen-bond acceptors (Lipinski definition) is 1. The molecular formula is C12H10FNO2. The van der Waals surface area contributed by atoms with Gasteiger partial charge in [0, 0.05) is 17.6 Å². The van der Waals surface area contributed by atoms with Crippen LogP contribution in [0.4, 0.5) is 4.39 Å². The first-order valence-corrected chi connectivity index (χ1v) is 4.81. The molecule has 0 saturated carbocycles. The maximum Gasteiger partial charge on any atom is 0.309 e. The van der Waals surface area contributed by atoms with Gasteiger partial charge in [0.2, 0.25) is 0 Å². The Labute approximate surface area is 91.8 Å². The zero-order valence-corrected chi connectivity index (χ0v) is 8.43. The molecule has 16 heavy (non-hydrogen) atoms. The van der Waals surface area contributed by atoms with Gasteiger partial charge in [-0.05, 0) is 36.4 Å². The lowest BCUT2D eigenvalue weighted by Gasteiger charge is -2.07. The van der Waals surface area contributed by atoms with Gasteiger partial charge in [-0.2, -0.15) is 0 Å². The molecule has 4 heteroatoms. The van der Waals surface area contributed by atoms with Gasteiger partial charge in [0.1, 0.15) is 5.82 Å². The number of hydrogen-bond donors (Lipinski definition) is 1. The molecule has 82 valence electrons. The van der Waals surface area contributed by atoms with E-state index in [2.05, 4.69) is 0 Å². The van der Waals surface area contributed by atoms with Crippen LogP contribution in [0.25, 0.3) is 5.69 Å². The standard InChI is InChI=1S/C12H10FNO2/c13-9-3-5-10(6-4-9)14-7-1-2-11(14)8-12(15)16/h1-7H,8H2,(H,15,16). The number of nitrogens with zero attached hydrogens (tertiary/aromatic N) is 1. The molecule has 1 aromatic heterocycles. The molecule has 2 aromatic rings. The first kappa shape index (κ1) is 10.4. The van der Waals surface area contributed by atoms with Crippen LogP contribution in [0.1, 0.15) is 5.69 Å². The summed E-state index contributed by atoms with van der Waals surface area (Å²) in [5.41, 5.74) is 1.42. The van der Waals surface area contributed by atoms with Crippen molar-refractivity contribution in [2.75, 3.05) is 0 Å². The summed E-state index contributed by atoms with van der Waals surface area (Å²) in [5, 5.41) is 8.73. The minimum atomic E-state index is -0.887. The van der Waals surface area contributed by atoms with Gasteiger partial charge in [-0.25, -0.2) is 4.39 Å². The lowest BCUT2D eigenvalue weighted by Crippen LogP contribution is -2.06. The van der Waals surface area contributed by atoms with E-state index < -0.39 is 5.97 Å². The van der Waals surface area contributed by atoms with E-state index in [1.807, 2.05) is 0 Å². The predicted octanol–water partition coefficient (Wildman–Crippen LogP) is 2.24. The average molecular weight is 219 g/mol. The molecule has 0 saturated heterocycles. The average Bonchev–Trinajstić information content (AvgIpc) is 2.66. The summed E-state index contributed by atoms with van der Waals surface area (Å²) in [6, 6.07) is 9.42. The molecule has 0 aliphatic carbocycles. The monoisotopic (exact) mass is 219 g/mol. The highest BCUT2D eigenvalue weighted by atomic mass is 19.1. The number of aliphatic carboxylic acids is 1. The lowest BCUT2D eigenvalue weighted by molar-refractivity contribution is -0.136. The molecule has 0 atom stereocenters. The van der Waals surface area contributed by atoms with Gasteiger partial charge < -0.3 is 9.67 Å². The molecule has 0 fully saturated rings. The van der Waals surface area contributed by atoms with E-state index in [1.165, 1.54) is 12.1 Å². The maximum absolute atomic E-state index is 12.7. The molecule has 3 nitrogen and oxygen atoms in total. The van der Waals surface area contributed by atoms with Gasteiger partial charge in [-0.1, -0.05) is 0 Å².